The van der Waals surface area contributed by atoms with Gasteiger partial charge in [-0.15, -0.1) is 0 Å². The molecule has 1 aliphatic heterocycles. The van der Waals surface area contributed by atoms with Crippen molar-refractivity contribution in [3.05, 3.63) is 53.6 Å². The SMILES string of the molecule is Cc1ccc(S(C)(=O)=O)cc1C(=O)Nc1ccc(S(=O)(=O)N2CCN(C)CC2)cc1. The Morgan fingerprint density at radius 3 is 2.03 bits per heavy atom. The Kier molecular flexibility index (Phi) is 6.32. The Balaban J connectivity index is 1.77. The number of hydrogen-bond donors (Lipinski definition) is 1. The topological polar surface area (TPSA) is 104 Å². The van der Waals surface area contributed by atoms with Gasteiger partial charge in [-0.25, -0.2) is 16.8 Å². The molecule has 1 N–H and O–H groups in total. The quantitative estimate of drug-likeness (QED) is 0.740. The molecule has 0 bridgehead atoms. The smallest absolute Gasteiger partial charge is 0.255 e. The second-order valence-electron chi connectivity index (χ2n) is 7.43. The van der Waals surface area contributed by atoms with Crippen LogP contribution in [0.2, 0.25) is 0 Å². The number of rotatable bonds is 5. The summed E-state index contributed by atoms with van der Waals surface area (Å²) < 4.78 is 50.6. The number of sulfone groups is 1. The van der Waals surface area contributed by atoms with Crippen LogP contribution in [0.4, 0.5) is 5.69 Å². The molecule has 1 fully saturated rings. The van der Waals surface area contributed by atoms with Gasteiger partial charge in [0, 0.05) is 43.7 Å². The highest BCUT2D eigenvalue weighted by molar-refractivity contribution is 7.90. The number of benzene rings is 2. The summed E-state index contributed by atoms with van der Waals surface area (Å²) in [5.41, 5.74) is 1.29. The Hall–Kier alpha value is -2.27. The normalized spacial score (nSPS) is 16.4. The van der Waals surface area contributed by atoms with Crippen molar-refractivity contribution in [1.29, 1.82) is 0 Å². The summed E-state index contributed by atoms with van der Waals surface area (Å²) in [4.78, 5) is 14.9. The van der Waals surface area contributed by atoms with Crippen LogP contribution in [0, 0.1) is 6.92 Å². The van der Waals surface area contributed by atoms with Gasteiger partial charge in [0.15, 0.2) is 9.84 Å². The molecule has 8 nitrogen and oxygen atoms in total. The molecular formula is C20H25N3O5S2. The van der Waals surface area contributed by atoms with E-state index in [4.69, 9.17) is 0 Å². The number of carbonyl (C=O) groups excluding carboxylic acids is 1. The predicted octanol–water partition coefficient (Wildman–Crippen LogP) is 1.59. The highest BCUT2D eigenvalue weighted by Crippen LogP contribution is 2.21. The zero-order valence-corrected chi connectivity index (χ0v) is 18.8. The molecule has 0 unspecified atom stereocenters. The third-order valence-electron chi connectivity index (χ3n) is 5.09. The van der Waals surface area contributed by atoms with Gasteiger partial charge in [-0.05, 0) is 55.9 Å². The molecule has 0 aliphatic carbocycles. The minimum absolute atomic E-state index is 0.0619. The summed E-state index contributed by atoms with van der Waals surface area (Å²) in [5.74, 6) is -0.465. The predicted molar refractivity (Wildman–Crippen MR) is 115 cm³/mol. The van der Waals surface area contributed by atoms with Gasteiger partial charge in [0.2, 0.25) is 10.0 Å². The highest BCUT2D eigenvalue weighted by Gasteiger charge is 2.27. The lowest BCUT2D eigenvalue weighted by molar-refractivity contribution is 0.102. The Morgan fingerprint density at radius 1 is 0.900 bits per heavy atom. The fraction of sp³-hybridized carbons (Fsp3) is 0.350. The van der Waals surface area contributed by atoms with Crippen molar-refractivity contribution in [2.45, 2.75) is 16.7 Å². The fourth-order valence-electron chi connectivity index (χ4n) is 3.16. The van der Waals surface area contributed by atoms with Crippen molar-refractivity contribution in [3.63, 3.8) is 0 Å². The van der Waals surface area contributed by atoms with E-state index in [0.717, 1.165) is 6.26 Å². The van der Waals surface area contributed by atoms with Crippen LogP contribution in [0.25, 0.3) is 0 Å². The number of aryl methyl sites for hydroxylation is 1. The molecule has 1 aliphatic rings. The first kappa shape index (κ1) is 22.4. The first-order valence-electron chi connectivity index (χ1n) is 9.39. The molecule has 3 rings (SSSR count). The number of amides is 1. The minimum atomic E-state index is -3.58. The summed E-state index contributed by atoms with van der Waals surface area (Å²) in [5, 5.41) is 2.69. The molecule has 10 heteroatoms. The Labute approximate surface area is 177 Å². The monoisotopic (exact) mass is 451 g/mol. The number of nitrogens with one attached hydrogen (secondary N) is 1. The molecule has 0 atom stereocenters. The number of anilines is 1. The van der Waals surface area contributed by atoms with Crippen LogP contribution < -0.4 is 5.32 Å². The minimum Gasteiger partial charge on any atom is -0.322 e. The van der Waals surface area contributed by atoms with Crippen molar-refractivity contribution in [2.75, 3.05) is 44.8 Å². The van der Waals surface area contributed by atoms with Gasteiger partial charge >= 0.3 is 0 Å². The van der Waals surface area contributed by atoms with E-state index in [2.05, 4.69) is 10.2 Å². The van der Waals surface area contributed by atoms with E-state index in [1.54, 1.807) is 13.0 Å². The molecule has 162 valence electrons. The lowest BCUT2D eigenvalue weighted by Crippen LogP contribution is -2.46. The lowest BCUT2D eigenvalue weighted by atomic mass is 10.1. The number of likely N-dealkylation sites (N-methyl/N-ethyl adjacent to an activating group) is 1. The van der Waals surface area contributed by atoms with Crippen LogP contribution in [0.3, 0.4) is 0 Å². The zero-order valence-electron chi connectivity index (χ0n) is 17.1. The Morgan fingerprint density at radius 2 is 1.47 bits per heavy atom. The molecule has 0 saturated carbocycles. The van der Waals surface area contributed by atoms with E-state index < -0.39 is 25.8 Å². The fourth-order valence-corrected chi connectivity index (χ4v) is 5.23. The van der Waals surface area contributed by atoms with Crippen LogP contribution in [-0.2, 0) is 19.9 Å². The van der Waals surface area contributed by atoms with E-state index in [1.165, 1.54) is 40.7 Å². The van der Waals surface area contributed by atoms with Gasteiger partial charge in [-0.2, -0.15) is 4.31 Å². The second kappa shape index (κ2) is 8.46. The summed E-state index contributed by atoms with van der Waals surface area (Å²) >= 11 is 0. The third-order valence-corrected chi connectivity index (χ3v) is 8.12. The Bertz CT molecular complexity index is 1150. The molecule has 2 aromatic carbocycles. The molecular weight excluding hydrogens is 426 g/mol. The number of piperazine rings is 1. The van der Waals surface area contributed by atoms with E-state index in [-0.39, 0.29) is 15.4 Å². The molecule has 1 amide bonds. The average Bonchev–Trinajstić information content (AvgIpc) is 2.68. The molecule has 1 heterocycles. The van der Waals surface area contributed by atoms with E-state index >= 15 is 0 Å². The van der Waals surface area contributed by atoms with Crippen molar-refractivity contribution in [2.24, 2.45) is 0 Å². The van der Waals surface area contributed by atoms with Crippen LogP contribution >= 0.6 is 0 Å². The van der Waals surface area contributed by atoms with Crippen LogP contribution in [0.1, 0.15) is 15.9 Å². The van der Waals surface area contributed by atoms with Crippen LogP contribution in [0.15, 0.2) is 52.3 Å². The number of sulfonamides is 1. The molecule has 0 aromatic heterocycles. The molecule has 2 aromatic rings. The highest BCUT2D eigenvalue weighted by atomic mass is 32.2. The van der Waals surface area contributed by atoms with E-state index in [9.17, 15) is 21.6 Å². The van der Waals surface area contributed by atoms with Crippen molar-refractivity contribution in [3.8, 4) is 0 Å². The maximum absolute atomic E-state index is 12.8. The van der Waals surface area contributed by atoms with Gasteiger partial charge in [0.1, 0.15) is 0 Å². The largest absolute Gasteiger partial charge is 0.322 e. The first-order valence-corrected chi connectivity index (χ1v) is 12.7. The molecule has 30 heavy (non-hydrogen) atoms. The third kappa shape index (κ3) is 4.89. The number of nitrogens with zero attached hydrogens (tertiary/aromatic N) is 2. The van der Waals surface area contributed by atoms with Gasteiger partial charge in [-0.1, -0.05) is 6.07 Å². The van der Waals surface area contributed by atoms with Crippen LogP contribution in [0.5, 0.6) is 0 Å². The molecule has 1 saturated heterocycles. The second-order valence-corrected chi connectivity index (χ2v) is 11.4. The van der Waals surface area contributed by atoms with E-state index in [0.29, 0.717) is 37.4 Å². The van der Waals surface area contributed by atoms with Crippen molar-refractivity contribution in [1.82, 2.24) is 9.21 Å². The van der Waals surface area contributed by atoms with Gasteiger partial charge in [0.25, 0.3) is 5.91 Å². The molecule has 0 radical (unpaired) electrons. The van der Waals surface area contributed by atoms with Crippen LogP contribution in [-0.4, -0.2) is 71.4 Å². The van der Waals surface area contributed by atoms with E-state index in [1.807, 2.05) is 7.05 Å². The lowest BCUT2D eigenvalue weighted by Gasteiger charge is -2.31. The van der Waals surface area contributed by atoms with Gasteiger partial charge in [0.05, 0.1) is 9.79 Å². The summed E-state index contributed by atoms with van der Waals surface area (Å²) in [7, 11) is -5.07. The number of carbonyl (C=O) groups is 1. The van der Waals surface area contributed by atoms with Gasteiger partial charge in [-0.3, -0.25) is 4.79 Å². The van der Waals surface area contributed by atoms with Gasteiger partial charge < -0.3 is 10.2 Å². The maximum Gasteiger partial charge on any atom is 0.255 e. The van der Waals surface area contributed by atoms with Crippen molar-refractivity contribution >= 4 is 31.5 Å². The zero-order chi connectivity index (χ0) is 22.1. The maximum atomic E-state index is 12.8. The number of hydrogen-bond acceptors (Lipinski definition) is 6. The van der Waals surface area contributed by atoms with Crippen molar-refractivity contribution < 1.29 is 21.6 Å². The molecule has 0 spiro atoms. The average molecular weight is 452 g/mol. The first-order chi connectivity index (χ1) is 14.0. The summed E-state index contributed by atoms with van der Waals surface area (Å²) in [6.07, 6.45) is 1.08. The summed E-state index contributed by atoms with van der Waals surface area (Å²) in [6.45, 7) is 3.95. The standard InChI is InChI=1S/C20H25N3O5S2/c1-15-4-7-18(29(3,25)26)14-19(15)20(24)21-16-5-8-17(9-6-16)30(27,28)23-12-10-22(2)11-13-23/h4-9,14H,10-13H2,1-3H3,(H,21,24). The summed E-state index contributed by atoms with van der Waals surface area (Å²) in [6, 6.07) is 10.3.